The number of hydrogen-bond donors (Lipinski definition) is 1. The van der Waals surface area contributed by atoms with E-state index in [1.54, 1.807) is 0 Å². The zero-order valence-electron chi connectivity index (χ0n) is 11.2. The number of aromatic nitrogens is 4. The zero-order valence-corrected chi connectivity index (χ0v) is 11.2. The molecule has 3 aromatic rings. The fourth-order valence-electron chi connectivity index (χ4n) is 2.39. The van der Waals surface area contributed by atoms with E-state index in [-0.39, 0.29) is 5.89 Å². The van der Waals surface area contributed by atoms with Gasteiger partial charge in [0.15, 0.2) is 5.82 Å². The topological polar surface area (TPSA) is 99.3 Å². The molecule has 0 aliphatic heterocycles. The highest BCUT2D eigenvalue weighted by molar-refractivity contribution is 5.87. The molecule has 0 radical (unpaired) electrons. The van der Waals surface area contributed by atoms with Crippen LogP contribution in [0.3, 0.4) is 0 Å². The normalized spacial score (nSPS) is 14.7. The van der Waals surface area contributed by atoms with E-state index in [0.29, 0.717) is 18.2 Å². The van der Waals surface area contributed by atoms with Crippen LogP contribution in [-0.4, -0.2) is 25.4 Å². The molecule has 1 aliphatic carbocycles. The third kappa shape index (κ3) is 2.26. The van der Waals surface area contributed by atoms with Crippen LogP contribution in [0.2, 0.25) is 0 Å². The van der Waals surface area contributed by atoms with Crippen LogP contribution in [0, 0.1) is 0 Å². The summed E-state index contributed by atoms with van der Waals surface area (Å²) in [6.07, 6.45) is 7.00. The van der Waals surface area contributed by atoms with Crippen LogP contribution in [0.1, 0.15) is 46.5 Å². The summed E-state index contributed by atoms with van der Waals surface area (Å²) in [6.45, 7) is 0. The summed E-state index contributed by atoms with van der Waals surface area (Å²) >= 11 is 0. The van der Waals surface area contributed by atoms with Gasteiger partial charge in [0.2, 0.25) is 0 Å². The molecule has 4 rings (SSSR count). The molecule has 0 saturated heterocycles. The van der Waals surface area contributed by atoms with Crippen molar-refractivity contribution in [1.82, 2.24) is 19.5 Å². The second-order valence-electron chi connectivity index (χ2n) is 5.29. The van der Waals surface area contributed by atoms with Crippen molar-refractivity contribution < 1.29 is 9.32 Å². The SMILES string of the molecule is NC(=O)c1nc(Cc2cn3cc(C4CC4)ccc3n2)no1. The molecule has 1 amide bonds. The van der Waals surface area contributed by atoms with Crippen molar-refractivity contribution in [1.29, 1.82) is 0 Å². The lowest BCUT2D eigenvalue weighted by atomic mass is 10.2. The second kappa shape index (κ2) is 4.41. The summed E-state index contributed by atoms with van der Waals surface area (Å²) in [5, 5.41) is 3.72. The molecule has 2 N–H and O–H groups in total. The van der Waals surface area contributed by atoms with Gasteiger partial charge in [-0.05, 0) is 30.4 Å². The van der Waals surface area contributed by atoms with E-state index in [0.717, 1.165) is 11.3 Å². The smallest absolute Gasteiger partial charge is 0.315 e. The van der Waals surface area contributed by atoms with E-state index in [4.69, 9.17) is 10.3 Å². The summed E-state index contributed by atoms with van der Waals surface area (Å²) in [4.78, 5) is 19.4. The Morgan fingerprint density at radius 3 is 2.90 bits per heavy atom. The first kappa shape index (κ1) is 12.1. The molecule has 0 aromatic carbocycles. The molecule has 0 bridgehead atoms. The predicted molar refractivity (Wildman–Crippen MR) is 72.8 cm³/mol. The molecule has 106 valence electrons. The Hall–Kier alpha value is -2.70. The van der Waals surface area contributed by atoms with Gasteiger partial charge in [-0.15, -0.1) is 0 Å². The summed E-state index contributed by atoms with van der Waals surface area (Å²) in [5.41, 5.74) is 8.13. The van der Waals surface area contributed by atoms with Crippen LogP contribution in [0.4, 0.5) is 0 Å². The average Bonchev–Trinajstić information content (AvgIpc) is 3.07. The summed E-state index contributed by atoms with van der Waals surface area (Å²) in [6, 6.07) is 4.14. The number of carbonyl (C=O) groups excluding carboxylic acids is 1. The predicted octanol–water partition coefficient (Wildman–Crippen LogP) is 1.28. The minimum Gasteiger partial charge on any atom is -0.361 e. The lowest BCUT2D eigenvalue weighted by molar-refractivity contribution is 0.0958. The van der Waals surface area contributed by atoms with Gasteiger partial charge in [0, 0.05) is 12.4 Å². The van der Waals surface area contributed by atoms with Crippen molar-refractivity contribution in [2.45, 2.75) is 25.2 Å². The number of carbonyl (C=O) groups is 1. The molecule has 7 nitrogen and oxygen atoms in total. The van der Waals surface area contributed by atoms with E-state index < -0.39 is 5.91 Å². The summed E-state index contributed by atoms with van der Waals surface area (Å²) < 4.78 is 6.77. The molecule has 0 unspecified atom stereocenters. The zero-order chi connectivity index (χ0) is 14.4. The molecular weight excluding hydrogens is 270 g/mol. The van der Waals surface area contributed by atoms with Crippen molar-refractivity contribution in [3.8, 4) is 0 Å². The maximum absolute atomic E-state index is 10.9. The Kier molecular flexibility index (Phi) is 2.53. The van der Waals surface area contributed by atoms with Gasteiger partial charge in [-0.25, -0.2) is 4.98 Å². The van der Waals surface area contributed by atoms with Gasteiger partial charge < -0.3 is 14.7 Å². The number of rotatable bonds is 4. The van der Waals surface area contributed by atoms with E-state index in [1.807, 2.05) is 16.7 Å². The summed E-state index contributed by atoms with van der Waals surface area (Å²) in [7, 11) is 0. The Morgan fingerprint density at radius 2 is 2.19 bits per heavy atom. The standard InChI is InChI=1S/C14H13N5O2/c15-13(20)14-17-11(18-21-14)5-10-7-19-6-9(8-1-2-8)3-4-12(19)16-10/h3-4,6-8H,1-2,5H2,(H2,15,20). The Morgan fingerprint density at radius 1 is 1.33 bits per heavy atom. The van der Waals surface area contributed by atoms with Crippen LogP contribution in [0.15, 0.2) is 29.0 Å². The third-order valence-corrected chi connectivity index (χ3v) is 3.59. The number of hydrogen-bond acceptors (Lipinski definition) is 5. The van der Waals surface area contributed by atoms with Gasteiger partial charge in [0.1, 0.15) is 5.65 Å². The van der Waals surface area contributed by atoms with Crippen LogP contribution < -0.4 is 5.73 Å². The van der Waals surface area contributed by atoms with Crippen molar-refractivity contribution in [3.63, 3.8) is 0 Å². The highest BCUT2D eigenvalue weighted by Gasteiger charge is 2.23. The minimum atomic E-state index is -0.724. The Labute approximate surface area is 119 Å². The van der Waals surface area contributed by atoms with Crippen LogP contribution in [0.25, 0.3) is 5.65 Å². The van der Waals surface area contributed by atoms with E-state index >= 15 is 0 Å². The monoisotopic (exact) mass is 283 g/mol. The van der Waals surface area contributed by atoms with E-state index in [1.165, 1.54) is 18.4 Å². The van der Waals surface area contributed by atoms with Crippen molar-refractivity contribution in [2.24, 2.45) is 5.73 Å². The molecule has 0 spiro atoms. The lowest BCUT2D eigenvalue weighted by Gasteiger charge is -1.98. The first-order valence-electron chi connectivity index (χ1n) is 6.79. The summed E-state index contributed by atoms with van der Waals surface area (Å²) in [5.74, 6) is 0.202. The maximum Gasteiger partial charge on any atom is 0.315 e. The number of fused-ring (bicyclic) bond motifs is 1. The molecular formula is C14H13N5O2. The van der Waals surface area contributed by atoms with Crippen LogP contribution >= 0.6 is 0 Å². The van der Waals surface area contributed by atoms with E-state index in [9.17, 15) is 4.79 Å². The number of imidazole rings is 1. The van der Waals surface area contributed by atoms with Gasteiger partial charge in [-0.1, -0.05) is 11.2 Å². The maximum atomic E-state index is 10.9. The largest absolute Gasteiger partial charge is 0.361 e. The third-order valence-electron chi connectivity index (χ3n) is 3.59. The number of pyridine rings is 1. The van der Waals surface area contributed by atoms with Crippen LogP contribution in [-0.2, 0) is 6.42 Å². The minimum absolute atomic E-state index is 0.176. The highest BCUT2D eigenvalue weighted by Crippen LogP contribution is 2.39. The molecule has 3 heterocycles. The number of amides is 1. The first-order valence-corrected chi connectivity index (χ1v) is 6.79. The Bertz CT molecular complexity index is 831. The first-order chi connectivity index (χ1) is 10.2. The average molecular weight is 283 g/mol. The molecule has 21 heavy (non-hydrogen) atoms. The van der Waals surface area contributed by atoms with Gasteiger partial charge >= 0.3 is 11.8 Å². The van der Waals surface area contributed by atoms with E-state index in [2.05, 4.69) is 27.4 Å². The van der Waals surface area contributed by atoms with Crippen molar-refractivity contribution >= 4 is 11.6 Å². The fraction of sp³-hybridized carbons (Fsp3) is 0.286. The van der Waals surface area contributed by atoms with Gasteiger partial charge in [0.25, 0.3) is 0 Å². The fourth-order valence-corrected chi connectivity index (χ4v) is 2.39. The van der Waals surface area contributed by atoms with Crippen molar-refractivity contribution in [3.05, 3.63) is 47.5 Å². The molecule has 0 atom stereocenters. The number of primary amides is 1. The van der Waals surface area contributed by atoms with Crippen molar-refractivity contribution in [2.75, 3.05) is 0 Å². The second-order valence-corrected chi connectivity index (χ2v) is 5.29. The molecule has 1 fully saturated rings. The highest BCUT2D eigenvalue weighted by atomic mass is 16.5. The quantitative estimate of drug-likeness (QED) is 0.777. The molecule has 3 aromatic heterocycles. The van der Waals surface area contributed by atoms with Crippen LogP contribution in [0.5, 0.6) is 0 Å². The van der Waals surface area contributed by atoms with Gasteiger partial charge in [-0.3, -0.25) is 4.79 Å². The number of nitrogens with two attached hydrogens (primary N) is 1. The lowest BCUT2D eigenvalue weighted by Crippen LogP contribution is -2.11. The number of nitrogens with zero attached hydrogens (tertiary/aromatic N) is 4. The Balaban J connectivity index is 1.61. The van der Waals surface area contributed by atoms with Gasteiger partial charge in [-0.2, -0.15) is 4.98 Å². The van der Waals surface area contributed by atoms with Gasteiger partial charge in [0.05, 0.1) is 12.1 Å². The molecule has 1 aliphatic rings. The molecule has 1 saturated carbocycles. The molecule has 7 heteroatoms.